The summed E-state index contributed by atoms with van der Waals surface area (Å²) in [5.41, 5.74) is 1.55. The van der Waals surface area contributed by atoms with Gasteiger partial charge in [-0.05, 0) is 26.7 Å². The number of anilines is 1. The van der Waals surface area contributed by atoms with Crippen molar-refractivity contribution < 1.29 is 13.7 Å². The van der Waals surface area contributed by atoms with Gasteiger partial charge in [0.2, 0.25) is 5.71 Å². The van der Waals surface area contributed by atoms with Crippen LogP contribution in [0.15, 0.2) is 21.3 Å². The number of aromatic nitrogens is 3. The molecule has 1 saturated carbocycles. The van der Waals surface area contributed by atoms with Crippen LogP contribution in [0.4, 0.5) is 5.82 Å². The van der Waals surface area contributed by atoms with Gasteiger partial charge < -0.3 is 19.6 Å². The van der Waals surface area contributed by atoms with Crippen molar-refractivity contribution in [1.29, 1.82) is 0 Å². The van der Waals surface area contributed by atoms with Crippen LogP contribution in [-0.2, 0) is 6.54 Å². The highest BCUT2D eigenvalue weighted by molar-refractivity contribution is 6.10. The summed E-state index contributed by atoms with van der Waals surface area (Å²) in [6, 6.07) is 1.86. The molecule has 1 fully saturated rings. The summed E-state index contributed by atoms with van der Waals surface area (Å²) in [5, 5.41) is 10.9. The van der Waals surface area contributed by atoms with Crippen molar-refractivity contribution in [2.24, 2.45) is 0 Å². The van der Waals surface area contributed by atoms with Crippen molar-refractivity contribution in [2.75, 3.05) is 5.32 Å². The van der Waals surface area contributed by atoms with E-state index in [2.05, 4.69) is 32.7 Å². The number of furan rings is 1. The predicted molar refractivity (Wildman–Crippen MR) is 99.6 cm³/mol. The summed E-state index contributed by atoms with van der Waals surface area (Å²) in [4.78, 5) is 21.4. The molecule has 142 valence electrons. The van der Waals surface area contributed by atoms with Gasteiger partial charge in [-0.25, -0.2) is 9.97 Å². The summed E-state index contributed by atoms with van der Waals surface area (Å²) < 4.78 is 11.0. The molecule has 1 amide bonds. The Kier molecular flexibility index (Phi) is 4.13. The number of fused-ring (bicyclic) bond motifs is 1. The fourth-order valence-electron chi connectivity index (χ4n) is 2.95. The normalized spacial score (nSPS) is 15.3. The fraction of sp³-hybridized carbons (Fsp3) is 0.474. The second kappa shape index (κ2) is 6.37. The molecule has 3 heterocycles. The maximum atomic E-state index is 12.9. The van der Waals surface area contributed by atoms with E-state index in [-0.39, 0.29) is 23.9 Å². The number of rotatable bonds is 6. The second-order valence-corrected chi connectivity index (χ2v) is 7.68. The summed E-state index contributed by atoms with van der Waals surface area (Å²) in [6.45, 7) is 8.21. The van der Waals surface area contributed by atoms with Crippen molar-refractivity contribution in [3.8, 4) is 0 Å². The molecule has 8 heteroatoms. The van der Waals surface area contributed by atoms with Crippen LogP contribution in [0.25, 0.3) is 11.1 Å². The van der Waals surface area contributed by atoms with Gasteiger partial charge in [-0.1, -0.05) is 19.0 Å². The topological polar surface area (TPSA) is 106 Å². The minimum absolute atomic E-state index is 0.0220. The van der Waals surface area contributed by atoms with Crippen LogP contribution in [-0.4, -0.2) is 26.6 Å². The van der Waals surface area contributed by atoms with Gasteiger partial charge in [-0.2, -0.15) is 0 Å². The number of hydrogen-bond donors (Lipinski definition) is 2. The third-order valence-electron chi connectivity index (χ3n) is 4.89. The highest BCUT2D eigenvalue weighted by Gasteiger charge is 2.38. The molecule has 0 aromatic carbocycles. The van der Waals surface area contributed by atoms with Crippen molar-refractivity contribution >= 4 is 22.8 Å². The standard InChI is InChI=1S/C19H23N5O3/c1-10(2)13-7-12(24-27-13)8-20-17(25)14-11(3)26-18-15(14)16(21-9-22-18)23-19(4)5-6-19/h7,9-10H,5-6,8H2,1-4H3,(H,20,25)(H,21,22,23). The molecular formula is C19H23N5O3. The van der Waals surface area contributed by atoms with Crippen LogP contribution in [0.2, 0.25) is 0 Å². The van der Waals surface area contributed by atoms with Crippen molar-refractivity contribution in [1.82, 2.24) is 20.4 Å². The maximum Gasteiger partial charge on any atom is 0.255 e. The molecule has 4 rings (SSSR count). The molecule has 3 aromatic heterocycles. The molecule has 0 atom stereocenters. The van der Waals surface area contributed by atoms with E-state index in [9.17, 15) is 4.79 Å². The van der Waals surface area contributed by atoms with Gasteiger partial charge in [0.15, 0.2) is 0 Å². The van der Waals surface area contributed by atoms with Crippen LogP contribution < -0.4 is 10.6 Å². The van der Waals surface area contributed by atoms with Crippen molar-refractivity contribution in [3.05, 3.63) is 35.2 Å². The first-order valence-corrected chi connectivity index (χ1v) is 9.12. The summed E-state index contributed by atoms with van der Waals surface area (Å²) >= 11 is 0. The zero-order valence-electron chi connectivity index (χ0n) is 15.9. The number of aryl methyl sites for hydroxylation is 1. The number of carbonyl (C=O) groups excluding carboxylic acids is 1. The molecular weight excluding hydrogens is 346 g/mol. The van der Waals surface area contributed by atoms with Gasteiger partial charge in [0.25, 0.3) is 5.91 Å². The number of carbonyl (C=O) groups is 1. The lowest BCUT2D eigenvalue weighted by Crippen LogP contribution is -2.24. The van der Waals surface area contributed by atoms with E-state index >= 15 is 0 Å². The van der Waals surface area contributed by atoms with Crippen molar-refractivity contribution in [3.63, 3.8) is 0 Å². The van der Waals surface area contributed by atoms with Gasteiger partial charge in [-0.15, -0.1) is 0 Å². The molecule has 27 heavy (non-hydrogen) atoms. The molecule has 0 saturated heterocycles. The quantitative estimate of drug-likeness (QED) is 0.684. The predicted octanol–water partition coefficient (Wildman–Crippen LogP) is 3.54. The molecule has 1 aliphatic rings. The number of nitrogens with one attached hydrogen (secondary N) is 2. The summed E-state index contributed by atoms with van der Waals surface area (Å²) in [6.07, 6.45) is 3.59. The van der Waals surface area contributed by atoms with E-state index in [0.29, 0.717) is 33.9 Å². The Labute approximate surface area is 156 Å². The first-order chi connectivity index (χ1) is 12.9. The summed E-state index contributed by atoms with van der Waals surface area (Å²) in [7, 11) is 0. The average molecular weight is 369 g/mol. The molecule has 0 spiro atoms. The minimum atomic E-state index is -0.251. The second-order valence-electron chi connectivity index (χ2n) is 7.68. The van der Waals surface area contributed by atoms with Gasteiger partial charge in [0, 0.05) is 17.5 Å². The summed E-state index contributed by atoms with van der Waals surface area (Å²) in [5.74, 6) is 1.93. The van der Waals surface area contributed by atoms with Crippen LogP contribution >= 0.6 is 0 Å². The molecule has 0 unspecified atom stereocenters. The SMILES string of the molecule is Cc1oc2ncnc(NC3(C)CC3)c2c1C(=O)NCc1cc(C(C)C)on1. The first kappa shape index (κ1) is 17.5. The third kappa shape index (κ3) is 3.39. The first-order valence-electron chi connectivity index (χ1n) is 9.12. The van der Waals surface area contributed by atoms with E-state index < -0.39 is 0 Å². The van der Waals surface area contributed by atoms with E-state index in [4.69, 9.17) is 8.94 Å². The molecule has 2 N–H and O–H groups in total. The molecule has 1 aliphatic carbocycles. The molecule has 3 aromatic rings. The van der Waals surface area contributed by atoms with E-state index in [1.165, 1.54) is 6.33 Å². The van der Waals surface area contributed by atoms with E-state index in [1.807, 2.05) is 19.9 Å². The lowest BCUT2D eigenvalue weighted by atomic mass is 10.1. The number of amides is 1. The Bertz CT molecular complexity index is 1000. The highest BCUT2D eigenvalue weighted by atomic mass is 16.5. The molecule has 8 nitrogen and oxygen atoms in total. The number of hydrogen-bond acceptors (Lipinski definition) is 7. The molecule has 0 radical (unpaired) electrons. The fourth-order valence-corrected chi connectivity index (χ4v) is 2.95. The Morgan fingerprint density at radius 3 is 2.78 bits per heavy atom. The largest absolute Gasteiger partial charge is 0.442 e. The zero-order valence-corrected chi connectivity index (χ0v) is 15.9. The van der Waals surface area contributed by atoms with Gasteiger partial charge in [-0.3, -0.25) is 4.79 Å². The Morgan fingerprint density at radius 1 is 1.33 bits per heavy atom. The smallest absolute Gasteiger partial charge is 0.255 e. The lowest BCUT2D eigenvalue weighted by molar-refractivity contribution is 0.0950. The Morgan fingerprint density at radius 2 is 2.11 bits per heavy atom. The van der Waals surface area contributed by atoms with Gasteiger partial charge in [0.05, 0.1) is 17.5 Å². The monoisotopic (exact) mass is 369 g/mol. The van der Waals surface area contributed by atoms with Crippen LogP contribution in [0, 0.1) is 6.92 Å². The lowest BCUT2D eigenvalue weighted by Gasteiger charge is -2.13. The third-order valence-corrected chi connectivity index (χ3v) is 4.89. The minimum Gasteiger partial charge on any atom is -0.442 e. The zero-order chi connectivity index (χ0) is 19.2. The number of nitrogens with zero attached hydrogens (tertiary/aromatic N) is 3. The average Bonchev–Trinajstić information content (AvgIpc) is 3.05. The van der Waals surface area contributed by atoms with Crippen LogP contribution in [0.3, 0.4) is 0 Å². The van der Waals surface area contributed by atoms with Gasteiger partial charge >= 0.3 is 0 Å². The van der Waals surface area contributed by atoms with Gasteiger partial charge in [0.1, 0.15) is 29.4 Å². The molecule has 0 bridgehead atoms. The van der Waals surface area contributed by atoms with E-state index in [1.54, 1.807) is 6.92 Å². The maximum absolute atomic E-state index is 12.9. The Balaban J connectivity index is 1.59. The van der Waals surface area contributed by atoms with Crippen LogP contribution in [0.5, 0.6) is 0 Å². The Hall–Kier alpha value is -2.90. The molecule has 0 aliphatic heterocycles. The highest BCUT2D eigenvalue weighted by Crippen LogP contribution is 2.40. The van der Waals surface area contributed by atoms with Crippen LogP contribution in [0.1, 0.15) is 67.1 Å². The van der Waals surface area contributed by atoms with E-state index in [0.717, 1.165) is 18.6 Å². The van der Waals surface area contributed by atoms with Crippen molar-refractivity contribution in [2.45, 2.75) is 58.5 Å².